The molecule has 1 fully saturated rings. The molecule has 1 aromatic rings. The minimum Gasteiger partial charge on any atom is -0.478 e. The van der Waals surface area contributed by atoms with Crippen molar-refractivity contribution in [1.82, 2.24) is 4.90 Å². The molecule has 1 aliphatic heterocycles. The summed E-state index contributed by atoms with van der Waals surface area (Å²) in [6, 6.07) is 4.88. The second-order valence-corrected chi connectivity index (χ2v) is 4.49. The predicted molar refractivity (Wildman–Crippen MR) is 73.6 cm³/mol. The molecule has 0 bridgehead atoms. The van der Waals surface area contributed by atoms with Gasteiger partial charge in [-0.25, -0.2) is 4.79 Å². The van der Waals surface area contributed by atoms with Crippen molar-refractivity contribution in [3.8, 4) is 0 Å². The number of rotatable bonds is 5. The molecule has 1 heterocycles. The fourth-order valence-electron chi connectivity index (χ4n) is 2.07. The van der Waals surface area contributed by atoms with Crippen molar-refractivity contribution < 1.29 is 14.6 Å². The van der Waals surface area contributed by atoms with Gasteiger partial charge in [0.2, 0.25) is 0 Å². The van der Waals surface area contributed by atoms with Crippen LogP contribution in [0.5, 0.6) is 0 Å². The van der Waals surface area contributed by atoms with Crippen molar-refractivity contribution in [2.45, 2.75) is 0 Å². The number of carboxylic acid groups (broad SMARTS) is 1. The first-order valence-corrected chi connectivity index (χ1v) is 6.33. The first-order valence-electron chi connectivity index (χ1n) is 6.33. The van der Waals surface area contributed by atoms with Crippen molar-refractivity contribution >= 4 is 17.3 Å². The fraction of sp³-hybridized carbons (Fsp3) is 0.462. The number of ether oxygens (including phenoxy) is 1. The van der Waals surface area contributed by atoms with E-state index in [1.807, 2.05) is 0 Å². The van der Waals surface area contributed by atoms with E-state index in [0.717, 1.165) is 32.8 Å². The van der Waals surface area contributed by atoms with Gasteiger partial charge in [-0.1, -0.05) is 0 Å². The molecule has 0 saturated carbocycles. The molecule has 0 aromatic heterocycles. The van der Waals surface area contributed by atoms with Crippen molar-refractivity contribution in [3.05, 3.63) is 23.8 Å². The molecule has 6 nitrogen and oxygen atoms in total. The van der Waals surface area contributed by atoms with Gasteiger partial charge in [-0.05, 0) is 18.2 Å². The average molecular weight is 265 g/mol. The van der Waals surface area contributed by atoms with Crippen LogP contribution in [0.25, 0.3) is 0 Å². The van der Waals surface area contributed by atoms with Gasteiger partial charge in [0.25, 0.3) is 0 Å². The molecule has 104 valence electrons. The summed E-state index contributed by atoms with van der Waals surface area (Å²) in [4.78, 5) is 13.4. The maximum Gasteiger partial charge on any atom is 0.337 e. The lowest BCUT2D eigenvalue weighted by Crippen LogP contribution is -2.39. The Morgan fingerprint density at radius 2 is 2.16 bits per heavy atom. The van der Waals surface area contributed by atoms with Crippen LogP contribution in [0.4, 0.5) is 11.4 Å². The molecule has 0 radical (unpaired) electrons. The number of carbonyl (C=O) groups is 1. The third-order valence-corrected chi connectivity index (χ3v) is 3.12. The van der Waals surface area contributed by atoms with E-state index in [2.05, 4.69) is 10.2 Å². The van der Waals surface area contributed by atoms with Crippen molar-refractivity contribution in [1.29, 1.82) is 0 Å². The average Bonchev–Trinajstić information content (AvgIpc) is 2.41. The van der Waals surface area contributed by atoms with Crippen molar-refractivity contribution in [3.63, 3.8) is 0 Å². The summed E-state index contributed by atoms with van der Waals surface area (Å²) in [5, 5.41) is 12.3. The number of morpholine rings is 1. The van der Waals surface area contributed by atoms with Gasteiger partial charge in [0.1, 0.15) is 0 Å². The Morgan fingerprint density at radius 3 is 2.84 bits per heavy atom. The van der Waals surface area contributed by atoms with Gasteiger partial charge in [0.05, 0.1) is 18.8 Å². The van der Waals surface area contributed by atoms with E-state index in [1.54, 1.807) is 12.1 Å². The lowest BCUT2D eigenvalue weighted by atomic mass is 10.1. The Labute approximate surface area is 112 Å². The molecular formula is C13H19N3O3. The van der Waals surface area contributed by atoms with Gasteiger partial charge in [0.15, 0.2) is 0 Å². The molecule has 0 unspecified atom stereocenters. The standard InChI is InChI=1S/C13H19N3O3/c14-10-1-2-12(11(9-10)13(17)18)15-3-4-16-5-7-19-8-6-16/h1-2,9,15H,3-8,14H2,(H,17,18). The van der Waals surface area contributed by atoms with Crippen LogP contribution in [-0.4, -0.2) is 55.4 Å². The van der Waals surface area contributed by atoms with Gasteiger partial charge in [-0.2, -0.15) is 0 Å². The summed E-state index contributed by atoms with van der Waals surface area (Å²) in [7, 11) is 0. The number of nitrogens with zero attached hydrogens (tertiary/aromatic N) is 1. The van der Waals surface area contributed by atoms with Gasteiger partial charge in [0, 0.05) is 37.6 Å². The first-order chi connectivity index (χ1) is 9.16. The van der Waals surface area contributed by atoms with Crippen LogP contribution in [-0.2, 0) is 4.74 Å². The summed E-state index contributed by atoms with van der Waals surface area (Å²) in [5.74, 6) is -0.971. The summed E-state index contributed by atoms with van der Waals surface area (Å²) in [6.07, 6.45) is 0. The number of nitrogens with two attached hydrogens (primary N) is 1. The first kappa shape index (κ1) is 13.6. The van der Waals surface area contributed by atoms with Crippen LogP contribution >= 0.6 is 0 Å². The van der Waals surface area contributed by atoms with Crippen LogP contribution in [0.2, 0.25) is 0 Å². The molecule has 2 rings (SSSR count). The topological polar surface area (TPSA) is 87.8 Å². The lowest BCUT2D eigenvalue weighted by Gasteiger charge is -2.26. The number of nitrogens with one attached hydrogen (secondary N) is 1. The zero-order valence-electron chi connectivity index (χ0n) is 10.8. The van der Waals surface area contributed by atoms with Crippen LogP contribution in [0, 0.1) is 0 Å². The highest BCUT2D eigenvalue weighted by Gasteiger charge is 2.12. The smallest absolute Gasteiger partial charge is 0.337 e. The van der Waals surface area contributed by atoms with Crippen molar-refractivity contribution in [2.24, 2.45) is 0 Å². The number of nitrogen functional groups attached to an aromatic ring is 1. The normalized spacial score (nSPS) is 16.2. The Balaban J connectivity index is 1.89. The predicted octanol–water partition coefficient (Wildman–Crippen LogP) is 0.711. The third-order valence-electron chi connectivity index (χ3n) is 3.12. The van der Waals surface area contributed by atoms with Crippen molar-refractivity contribution in [2.75, 3.05) is 50.4 Å². The van der Waals surface area contributed by atoms with Gasteiger partial charge in [-0.3, -0.25) is 4.90 Å². The Morgan fingerprint density at radius 1 is 1.42 bits per heavy atom. The Bertz CT molecular complexity index is 445. The second-order valence-electron chi connectivity index (χ2n) is 4.49. The molecule has 6 heteroatoms. The molecule has 0 amide bonds. The van der Waals surface area contributed by atoms with Crippen LogP contribution in [0.1, 0.15) is 10.4 Å². The summed E-state index contributed by atoms with van der Waals surface area (Å²) >= 11 is 0. The van der Waals surface area contributed by atoms with E-state index in [-0.39, 0.29) is 5.56 Å². The lowest BCUT2D eigenvalue weighted by molar-refractivity contribution is 0.0398. The van der Waals surface area contributed by atoms with E-state index in [4.69, 9.17) is 15.6 Å². The molecule has 4 N–H and O–H groups in total. The highest BCUT2D eigenvalue weighted by atomic mass is 16.5. The number of hydrogen-bond acceptors (Lipinski definition) is 5. The monoisotopic (exact) mass is 265 g/mol. The molecule has 0 atom stereocenters. The molecular weight excluding hydrogens is 246 g/mol. The highest BCUT2D eigenvalue weighted by molar-refractivity contribution is 5.95. The number of aromatic carboxylic acids is 1. The third kappa shape index (κ3) is 3.84. The molecule has 0 spiro atoms. The van der Waals surface area contributed by atoms with E-state index < -0.39 is 5.97 Å². The van der Waals surface area contributed by atoms with E-state index in [1.165, 1.54) is 6.07 Å². The summed E-state index contributed by atoms with van der Waals surface area (Å²) in [5.41, 5.74) is 6.87. The van der Waals surface area contributed by atoms with Gasteiger partial charge in [-0.15, -0.1) is 0 Å². The molecule has 0 aliphatic carbocycles. The number of benzene rings is 1. The quantitative estimate of drug-likeness (QED) is 0.680. The second kappa shape index (κ2) is 6.40. The number of anilines is 2. The summed E-state index contributed by atoms with van der Waals surface area (Å²) < 4.78 is 5.27. The van der Waals surface area contributed by atoms with Crippen LogP contribution in [0.15, 0.2) is 18.2 Å². The maximum absolute atomic E-state index is 11.1. The SMILES string of the molecule is Nc1ccc(NCCN2CCOCC2)c(C(=O)O)c1. The fourth-order valence-corrected chi connectivity index (χ4v) is 2.07. The highest BCUT2D eigenvalue weighted by Crippen LogP contribution is 2.18. The molecule has 1 aliphatic rings. The van der Waals surface area contributed by atoms with Gasteiger partial charge < -0.3 is 20.9 Å². The van der Waals surface area contributed by atoms with Crippen LogP contribution < -0.4 is 11.1 Å². The minimum atomic E-state index is -0.971. The van der Waals surface area contributed by atoms with Gasteiger partial charge >= 0.3 is 5.97 Å². The minimum absolute atomic E-state index is 0.210. The largest absolute Gasteiger partial charge is 0.478 e. The number of hydrogen-bond donors (Lipinski definition) is 3. The molecule has 1 aromatic carbocycles. The van der Waals surface area contributed by atoms with E-state index in [0.29, 0.717) is 17.9 Å². The number of carboxylic acids is 1. The Hall–Kier alpha value is -1.79. The zero-order valence-corrected chi connectivity index (χ0v) is 10.8. The van der Waals surface area contributed by atoms with E-state index >= 15 is 0 Å². The Kier molecular flexibility index (Phi) is 4.59. The maximum atomic E-state index is 11.1. The van der Waals surface area contributed by atoms with E-state index in [9.17, 15) is 4.79 Å². The molecule has 1 saturated heterocycles. The van der Waals surface area contributed by atoms with Crippen LogP contribution in [0.3, 0.4) is 0 Å². The molecule has 19 heavy (non-hydrogen) atoms. The summed E-state index contributed by atoms with van der Waals surface area (Å²) in [6.45, 7) is 4.95. The zero-order chi connectivity index (χ0) is 13.7.